The van der Waals surface area contributed by atoms with Gasteiger partial charge in [0.2, 0.25) is 11.8 Å². The monoisotopic (exact) mass is 306 g/mol. The fourth-order valence-corrected chi connectivity index (χ4v) is 1.99. The second-order valence-corrected chi connectivity index (χ2v) is 4.81. The van der Waals surface area contributed by atoms with Crippen molar-refractivity contribution in [2.45, 2.75) is 26.7 Å². The topological polar surface area (TPSA) is 75.7 Å². The van der Waals surface area contributed by atoms with Crippen molar-refractivity contribution in [2.75, 3.05) is 25.1 Å². The minimum absolute atomic E-state index is 0.0213. The number of benzene rings is 1. The van der Waals surface area contributed by atoms with Crippen molar-refractivity contribution in [2.24, 2.45) is 0 Å². The summed E-state index contributed by atoms with van der Waals surface area (Å²) in [6, 6.07) is 6.57. The average molecular weight is 306 g/mol. The third-order valence-corrected chi connectivity index (χ3v) is 3.11. The fraction of sp³-hybridized carbons (Fsp3) is 0.438. The Morgan fingerprint density at radius 3 is 2.32 bits per heavy atom. The van der Waals surface area contributed by atoms with Crippen LogP contribution in [-0.4, -0.2) is 38.0 Å². The minimum atomic E-state index is -0.423. The third-order valence-electron chi connectivity index (χ3n) is 3.11. The molecule has 6 heteroatoms. The first kappa shape index (κ1) is 17.7. The summed E-state index contributed by atoms with van der Waals surface area (Å²) in [5.74, 6) is -0.574. The number of rotatable bonds is 7. The van der Waals surface area contributed by atoms with Crippen LogP contribution in [0.15, 0.2) is 24.3 Å². The summed E-state index contributed by atoms with van der Waals surface area (Å²) in [5, 5.41) is 2.77. The molecule has 0 fully saturated rings. The molecule has 0 radical (unpaired) electrons. The summed E-state index contributed by atoms with van der Waals surface area (Å²) in [6.07, 6.45) is 1.27. The van der Waals surface area contributed by atoms with E-state index < -0.39 is 5.97 Å². The Kier molecular flexibility index (Phi) is 7.08. The molecule has 120 valence electrons. The normalized spacial score (nSPS) is 9.95. The van der Waals surface area contributed by atoms with Crippen molar-refractivity contribution in [3.05, 3.63) is 29.8 Å². The highest BCUT2D eigenvalue weighted by molar-refractivity contribution is 5.93. The van der Waals surface area contributed by atoms with Crippen LogP contribution in [0.25, 0.3) is 0 Å². The Labute approximate surface area is 130 Å². The fourth-order valence-electron chi connectivity index (χ4n) is 1.99. The van der Waals surface area contributed by atoms with Crippen LogP contribution in [-0.2, 0) is 14.3 Å². The van der Waals surface area contributed by atoms with Gasteiger partial charge in [0.05, 0.1) is 12.7 Å². The molecular formula is C16H22N2O4. The minimum Gasteiger partial charge on any atom is -0.465 e. The standard InChI is InChI=1S/C16H22N2O4/c1-4-5-15(20)17-10-11-18(12(2)19)14-8-6-13(7-9-14)16(21)22-3/h6-9H,4-5,10-11H2,1-3H3,(H,17,20). The smallest absolute Gasteiger partial charge is 0.337 e. The summed E-state index contributed by atoms with van der Waals surface area (Å²) in [5.41, 5.74) is 1.09. The molecule has 1 rings (SSSR count). The van der Waals surface area contributed by atoms with Crippen molar-refractivity contribution in [1.29, 1.82) is 0 Å². The number of methoxy groups -OCH3 is 1. The van der Waals surface area contributed by atoms with E-state index >= 15 is 0 Å². The number of hydrogen-bond donors (Lipinski definition) is 1. The molecule has 0 unspecified atom stereocenters. The number of ether oxygens (including phenoxy) is 1. The predicted molar refractivity (Wildman–Crippen MR) is 83.7 cm³/mol. The Bertz CT molecular complexity index is 525. The van der Waals surface area contributed by atoms with Gasteiger partial charge in [0.25, 0.3) is 0 Å². The van der Waals surface area contributed by atoms with Crippen molar-refractivity contribution >= 4 is 23.5 Å². The highest BCUT2D eigenvalue weighted by Crippen LogP contribution is 2.15. The summed E-state index contributed by atoms with van der Waals surface area (Å²) < 4.78 is 4.63. The lowest BCUT2D eigenvalue weighted by Gasteiger charge is -2.21. The van der Waals surface area contributed by atoms with E-state index in [4.69, 9.17) is 0 Å². The van der Waals surface area contributed by atoms with Gasteiger partial charge in [-0.15, -0.1) is 0 Å². The van der Waals surface area contributed by atoms with Crippen LogP contribution in [0.2, 0.25) is 0 Å². The maximum atomic E-state index is 11.7. The van der Waals surface area contributed by atoms with Gasteiger partial charge in [-0.3, -0.25) is 9.59 Å². The van der Waals surface area contributed by atoms with Gasteiger partial charge in [0.15, 0.2) is 0 Å². The quantitative estimate of drug-likeness (QED) is 0.779. The number of esters is 1. The highest BCUT2D eigenvalue weighted by Gasteiger charge is 2.13. The van der Waals surface area contributed by atoms with E-state index in [-0.39, 0.29) is 11.8 Å². The molecule has 0 bridgehead atoms. The molecule has 0 saturated heterocycles. The van der Waals surface area contributed by atoms with E-state index in [2.05, 4.69) is 10.1 Å². The second-order valence-electron chi connectivity index (χ2n) is 4.81. The molecule has 0 saturated carbocycles. The van der Waals surface area contributed by atoms with Gasteiger partial charge in [-0.25, -0.2) is 4.79 Å². The van der Waals surface area contributed by atoms with Crippen molar-refractivity contribution in [3.63, 3.8) is 0 Å². The maximum Gasteiger partial charge on any atom is 0.337 e. The van der Waals surface area contributed by atoms with E-state index in [9.17, 15) is 14.4 Å². The number of carbonyl (C=O) groups is 3. The predicted octanol–water partition coefficient (Wildman–Crippen LogP) is 1.74. The van der Waals surface area contributed by atoms with E-state index in [1.165, 1.54) is 14.0 Å². The van der Waals surface area contributed by atoms with Crippen LogP contribution >= 0.6 is 0 Å². The largest absolute Gasteiger partial charge is 0.465 e. The zero-order valence-corrected chi connectivity index (χ0v) is 13.2. The molecule has 2 amide bonds. The van der Waals surface area contributed by atoms with Crippen molar-refractivity contribution in [3.8, 4) is 0 Å². The Hall–Kier alpha value is -2.37. The van der Waals surface area contributed by atoms with Gasteiger partial charge in [-0.1, -0.05) is 6.92 Å². The van der Waals surface area contributed by atoms with Crippen LogP contribution in [0, 0.1) is 0 Å². The third kappa shape index (κ3) is 5.20. The zero-order valence-electron chi connectivity index (χ0n) is 13.2. The van der Waals surface area contributed by atoms with Crippen LogP contribution < -0.4 is 10.2 Å². The number of carbonyl (C=O) groups excluding carboxylic acids is 3. The summed E-state index contributed by atoms with van der Waals surface area (Å²) in [4.78, 5) is 36.1. The van der Waals surface area contributed by atoms with Gasteiger partial charge in [0.1, 0.15) is 0 Å². The first-order valence-corrected chi connectivity index (χ1v) is 7.22. The number of anilines is 1. The molecule has 22 heavy (non-hydrogen) atoms. The Morgan fingerprint density at radius 2 is 1.82 bits per heavy atom. The molecule has 1 N–H and O–H groups in total. The van der Waals surface area contributed by atoms with Crippen molar-refractivity contribution in [1.82, 2.24) is 5.32 Å². The van der Waals surface area contributed by atoms with Gasteiger partial charge < -0.3 is 15.0 Å². The molecule has 0 aliphatic heterocycles. The van der Waals surface area contributed by atoms with E-state index in [0.717, 1.165) is 6.42 Å². The number of amides is 2. The summed E-state index contributed by atoms with van der Waals surface area (Å²) >= 11 is 0. The molecule has 0 heterocycles. The van der Waals surface area contributed by atoms with Crippen molar-refractivity contribution < 1.29 is 19.1 Å². The van der Waals surface area contributed by atoms with Crippen LogP contribution in [0.1, 0.15) is 37.0 Å². The van der Waals surface area contributed by atoms with Gasteiger partial charge in [-0.2, -0.15) is 0 Å². The molecule has 0 atom stereocenters. The Balaban J connectivity index is 2.69. The molecule has 1 aromatic rings. The second kappa shape index (κ2) is 8.81. The lowest BCUT2D eigenvalue weighted by molar-refractivity contribution is -0.121. The molecule has 0 aromatic heterocycles. The summed E-state index contributed by atoms with van der Waals surface area (Å²) in [6.45, 7) is 4.16. The zero-order chi connectivity index (χ0) is 16.5. The lowest BCUT2D eigenvalue weighted by Crippen LogP contribution is -2.37. The number of nitrogens with one attached hydrogen (secondary N) is 1. The molecule has 0 aliphatic rings. The maximum absolute atomic E-state index is 11.7. The van der Waals surface area contributed by atoms with Crippen LogP contribution in [0.3, 0.4) is 0 Å². The first-order valence-electron chi connectivity index (χ1n) is 7.22. The molecule has 1 aromatic carbocycles. The summed E-state index contributed by atoms with van der Waals surface area (Å²) in [7, 11) is 1.32. The number of hydrogen-bond acceptors (Lipinski definition) is 4. The average Bonchev–Trinajstić information content (AvgIpc) is 2.51. The SMILES string of the molecule is CCCC(=O)NCCN(C(C)=O)c1ccc(C(=O)OC)cc1. The van der Waals surface area contributed by atoms with Gasteiger partial charge >= 0.3 is 5.97 Å². The molecule has 0 aliphatic carbocycles. The van der Waals surface area contributed by atoms with E-state index in [0.29, 0.717) is 30.8 Å². The van der Waals surface area contributed by atoms with Crippen LogP contribution in [0.4, 0.5) is 5.69 Å². The first-order chi connectivity index (χ1) is 10.5. The molecular weight excluding hydrogens is 284 g/mol. The molecule has 0 spiro atoms. The van der Waals surface area contributed by atoms with Gasteiger partial charge in [0, 0.05) is 32.1 Å². The van der Waals surface area contributed by atoms with Gasteiger partial charge in [-0.05, 0) is 30.7 Å². The highest BCUT2D eigenvalue weighted by atomic mass is 16.5. The van der Waals surface area contributed by atoms with E-state index in [1.54, 1.807) is 29.2 Å². The molecule has 6 nitrogen and oxygen atoms in total. The lowest BCUT2D eigenvalue weighted by atomic mass is 10.2. The van der Waals surface area contributed by atoms with Crippen LogP contribution in [0.5, 0.6) is 0 Å². The Morgan fingerprint density at radius 1 is 1.18 bits per heavy atom. The number of nitrogens with zero attached hydrogens (tertiary/aromatic N) is 1. The van der Waals surface area contributed by atoms with E-state index in [1.807, 2.05) is 6.92 Å².